The van der Waals surface area contributed by atoms with Gasteiger partial charge in [0.1, 0.15) is 11.9 Å². The Morgan fingerprint density at radius 2 is 1.91 bits per heavy atom. The first-order chi connectivity index (χ1) is 15.7. The van der Waals surface area contributed by atoms with Crippen molar-refractivity contribution in [3.8, 4) is 22.7 Å². The second-order valence-corrected chi connectivity index (χ2v) is 7.80. The van der Waals surface area contributed by atoms with Crippen molar-refractivity contribution in [3.05, 3.63) is 84.4 Å². The molecule has 1 unspecified atom stereocenters. The predicted octanol–water partition coefficient (Wildman–Crippen LogP) is 4.22. The summed E-state index contributed by atoms with van der Waals surface area (Å²) in [5, 5.41) is 9.01. The smallest absolute Gasteiger partial charge is 0.151 e. The SMILES string of the molecule is COc1cc(-c2ccc(N3CCOC(c4ccccc4)C3)nn2)ccc1-n1cnc(C)c1. The van der Waals surface area contributed by atoms with Crippen molar-refractivity contribution in [1.29, 1.82) is 0 Å². The van der Waals surface area contributed by atoms with Crippen LogP contribution in [0.1, 0.15) is 17.4 Å². The van der Waals surface area contributed by atoms with Crippen LogP contribution in [0.25, 0.3) is 16.9 Å². The van der Waals surface area contributed by atoms with E-state index in [9.17, 15) is 0 Å². The summed E-state index contributed by atoms with van der Waals surface area (Å²) in [6.07, 6.45) is 3.79. The molecule has 162 valence electrons. The average Bonchev–Trinajstić information content (AvgIpc) is 3.30. The van der Waals surface area contributed by atoms with Gasteiger partial charge in [0.25, 0.3) is 0 Å². The molecule has 2 aromatic heterocycles. The van der Waals surface area contributed by atoms with Gasteiger partial charge in [0.15, 0.2) is 5.82 Å². The first-order valence-electron chi connectivity index (χ1n) is 10.7. The molecule has 1 aliphatic heterocycles. The Labute approximate surface area is 187 Å². The standard InChI is InChI=1S/C25H25N5O2/c1-18-15-30(17-26-18)22-10-8-20(14-23(22)31-2)21-9-11-25(28-27-21)29-12-13-32-24(16-29)19-6-4-3-5-7-19/h3-11,14-15,17,24H,12-13,16H2,1-2H3. The summed E-state index contributed by atoms with van der Waals surface area (Å²) >= 11 is 0. The lowest BCUT2D eigenvalue weighted by Gasteiger charge is -2.33. The van der Waals surface area contributed by atoms with Crippen LogP contribution in [0.15, 0.2) is 73.2 Å². The van der Waals surface area contributed by atoms with Gasteiger partial charge in [-0.2, -0.15) is 0 Å². The van der Waals surface area contributed by atoms with E-state index in [2.05, 4.69) is 32.2 Å². The molecule has 32 heavy (non-hydrogen) atoms. The van der Waals surface area contributed by atoms with E-state index < -0.39 is 0 Å². The Balaban J connectivity index is 1.35. The van der Waals surface area contributed by atoms with Crippen LogP contribution in [0.5, 0.6) is 5.75 Å². The van der Waals surface area contributed by atoms with Gasteiger partial charge in [0.05, 0.1) is 37.1 Å². The molecule has 0 N–H and O–H groups in total. The molecule has 0 saturated carbocycles. The minimum atomic E-state index is 0.0371. The predicted molar refractivity (Wildman–Crippen MR) is 123 cm³/mol. The summed E-state index contributed by atoms with van der Waals surface area (Å²) in [6.45, 7) is 4.18. The zero-order chi connectivity index (χ0) is 21.9. The molecule has 0 spiro atoms. The lowest BCUT2D eigenvalue weighted by Crippen LogP contribution is -2.38. The second kappa shape index (κ2) is 8.80. The fraction of sp³-hybridized carbons (Fsp3) is 0.240. The van der Waals surface area contributed by atoms with Crippen LogP contribution in [0, 0.1) is 6.92 Å². The molecule has 1 atom stereocenters. The van der Waals surface area contributed by atoms with Crippen LogP contribution in [-0.2, 0) is 4.74 Å². The topological polar surface area (TPSA) is 65.3 Å². The lowest BCUT2D eigenvalue weighted by molar-refractivity contribution is 0.0395. The number of methoxy groups -OCH3 is 1. The minimum absolute atomic E-state index is 0.0371. The largest absolute Gasteiger partial charge is 0.495 e. The third kappa shape index (κ3) is 4.07. The van der Waals surface area contributed by atoms with Crippen molar-refractivity contribution in [2.75, 3.05) is 31.7 Å². The van der Waals surface area contributed by atoms with Crippen LogP contribution in [0.4, 0.5) is 5.82 Å². The number of hydrogen-bond donors (Lipinski definition) is 0. The van der Waals surface area contributed by atoms with Gasteiger partial charge in [0, 0.05) is 24.8 Å². The van der Waals surface area contributed by atoms with Gasteiger partial charge in [-0.3, -0.25) is 0 Å². The Bertz CT molecular complexity index is 1190. The van der Waals surface area contributed by atoms with E-state index in [0.29, 0.717) is 6.61 Å². The third-order valence-electron chi connectivity index (χ3n) is 5.68. The van der Waals surface area contributed by atoms with E-state index in [1.165, 1.54) is 5.56 Å². The number of imidazole rings is 1. The Kier molecular flexibility index (Phi) is 5.56. The molecule has 3 heterocycles. The van der Waals surface area contributed by atoms with E-state index >= 15 is 0 Å². The van der Waals surface area contributed by atoms with Crippen molar-refractivity contribution in [2.24, 2.45) is 0 Å². The molecule has 0 amide bonds. The van der Waals surface area contributed by atoms with E-state index in [0.717, 1.165) is 47.3 Å². The zero-order valence-electron chi connectivity index (χ0n) is 18.2. The van der Waals surface area contributed by atoms with Gasteiger partial charge in [-0.05, 0) is 36.8 Å². The number of anilines is 1. The van der Waals surface area contributed by atoms with E-state index in [1.54, 1.807) is 13.4 Å². The number of benzene rings is 2. The Hall–Kier alpha value is -3.71. The fourth-order valence-electron chi connectivity index (χ4n) is 3.98. The van der Waals surface area contributed by atoms with E-state index in [4.69, 9.17) is 9.47 Å². The van der Waals surface area contributed by atoms with Crippen LogP contribution >= 0.6 is 0 Å². The van der Waals surface area contributed by atoms with Crippen LogP contribution < -0.4 is 9.64 Å². The number of aryl methyl sites for hydroxylation is 1. The van der Waals surface area contributed by atoms with Crippen molar-refractivity contribution in [1.82, 2.24) is 19.7 Å². The average molecular weight is 428 g/mol. The first kappa shape index (κ1) is 20.2. The Morgan fingerprint density at radius 1 is 1.03 bits per heavy atom. The molecule has 5 rings (SSSR count). The third-order valence-corrected chi connectivity index (χ3v) is 5.68. The molecule has 1 aliphatic rings. The van der Waals surface area contributed by atoms with Gasteiger partial charge in [-0.25, -0.2) is 4.98 Å². The van der Waals surface area contributed by atoms with Gasteiger partial charge in [0.2, 0.25) is 0 Å². The van der Waals surface area contributed by atoms with Gasteiger partial charge in [-0.15, -0.1) is 10.2 Å². The van der Waals surface area contributed by atoms with Crippen LogP contribution in [0.3, 0.4) is 0 Å². The molecule has 7 nitrogen and oxygen atoms in total. The molecular formula is C25H25N5O2. The highest BCUT2D eigenvalue weighted by Crippen LogP contribution is 2.30. The highest BCUT2D eigenvalue weighted by atomic mass is 16.5. The highest BCUT2D eigenvalue weighted by Gasteiger charge is 2.23. The normalized spacial score (nSPS) is 16.2. The van der Waals surface area contributed by atoms with Crippen molar-refractivity contribution in [2.45, 2.75) is 13.0 Å². The quantitative estimate of drug-likeness (QED) is 0.475. The number of ether oxygens (including phenoxy) is 2. The van der Waals surface area contributed by atoms with Crippen LogP contribution in [-0.4, -0.2) is 46.6 Å². The van der Waals surface area contributed by atoms with E-state index in [-0.39, 0.29) is 6.10 Å². The summed E-state index contributed by atoms with van der Waals surface area (Å²) in [5.74, 6) is 1.61. The lowest BCUT2D eigenvalue weighted by atomic mass is 10.1. The number of nitrogens with zero attached hydrogens (tertiary/aromatic N) is 5. The summed E-state index contributed by atoms with van der Waals surface area (Å²) in [4.78, 5) is 6.52. The molecule has 4 aromatic rings. The molecular weight excluding hydrogens is 402 g/mol. The maximum atomic E-state index is 5.97. The molecule has 0 aliphatic carbocycles. The van der Waals surface area contributed by atoms with Gasteiger partial charge >= 0.3 is 0 Å². The first-order valence-corrected chi connectivity index (χ1v) is 10.7. The molecule has 1 fully saturated rings. The maximum Gasteiger partial charge on any atom is 0.151 e. The van der Waals surface area contributed by atoms with Crippen LogP contribution in [0.2, 0.25) is 0 Å². The summed E-state index contributed by atoms with van der Waals surface area (Å²) in [7, 11) is 1.67. The van der Waals surface area contributed by atoms with Gasteiger partial charge in [-0.1, -0.05) is 36.4 Å². The minimum Gasteiger partial charge on any atom is -0.495 e. The summed E-state index contributed by atoms with van der Waals surface area (Å²) in [5.41, 5.74) is 4.82. The van der Waals surface area contributed by atoms with Crippen molar-refractivity contribution in [3.63, 3.8) is 0 Å². The summed E-state index contributed by atoms with van der Waals surface area (Å²) in [6, 6.07) is 20.4. The van der Waals surface area contributed by atoms with Crippen molar-refractivity contribution < 1.29 is 9.47 Å². The number of morpholine rings is 1. The number of aromatic nitrogens is 4. The van der Waals surface area contributed by atoms with Gasteiger partial charge < -0.3 is 18.9 Å². The highest BCUT2D eigenvalue weighted by molar-refractivity contribution is 5.66. The molecule has 1 saturated heterocycles. The maximum absolute atomic E-state index is 5.97. The van der Waals surface area contributed by atoms with E-state index in [1.807, 2.05) is 66.2 Å². The zero-order valence-corrected chi connectivity index (χ0v) is 18.2. The molecule has 2 aromatic carbocycles. The number of hydrogen-bond acceptors (Lipinski definition) is 6. The monoisotopic (exact) mass is 427 g/mol. The molecule has 0 bridgehead atoms. The van der Waals surface area contributed by atoms with Crippen molar-refractivity contribution >= 4 is 5.82 Å². The number of rotatable bonds is 5. The molecule has 7 heteroatoms. The second-order valence-electron chi connectivity index (χ2n) is 7.80. The Morgan fingerprint density at radius 3 is 2.62 bits per heavy atom. The summed E-state index contributed by atoms with van der Waals surface area (Å²) < 4.78 is 13.6. The fourth-order valence-corrected chi connectivity index (χ4v) is 3.98. The molecule has 0 radical (unpaired) electrons.